The number of terminal acetylenes is 1. The van der Waals surface area contributed by atoms with Crippen molar-refractivity contribution in [2.45, 2.75) is 119 Å². The molecule has 29 heteroatoms. The number of carboxylic acids is 1. The first-order valence-electron chi connectivity index (χ1n) is 27.4. The van der Waals surface area contributed by atoms with E-state index in [1.165, 1.54) is 31.2 Å². The van der Waals surface area contributed by atoms with Gasteiger partial charge < -0.3 is 84.3 Å². The number of carbonyl (C=O) groups is 11. The number of benzene rings is 3. The van der Waals surface area contributed by atoms with Crippen LogP contribution in [0.15, 0.2) is 85.1 Å². The lowest BCUT2D eigenvalue weighted by Gasteiger charge is -2.29. The van der Waals surface area contributed by atoms with E-state index < -0.39 is 144 Å². The van der Waals surface area contributed by atoms with Gasteiger partial charge in [-0.05, 0) is 80.5 Å². The van der Waals surface area contributed by atoms with Crippen LogP contribution in [0, 0.1) is 12.3 Å². The summed E-state index contributed by atoms with van der Waals surface area (Å²) >= 11 is 0. The van der Waals surface area contributed by atoms with Crippen LogP contribution in [-0.4, -0.2) is 182 Å². The summed E-state index contributed by atoms with van der Waals surface area (Å²) < 4.78 is 0. The topological polar surface area (TPSA) is 431 Å². The van der Waals surface area contributed by atoms with E-state index in [0.717, 1.165) is 28.5 Å². The van der Waals surface area contributed by atoms with Crippen LogP contribution in [0.3, 0.4) is 0 Å². The van der Waals surface area contributed by atoms with E-state index in [9.17, 15) is 73.2 Å². The Kier molecular flexibility index (Phi) is 27.2. The fraction of sp³-hybridized carbons (Fsp3) is 0.421. The third-order valence-corrected chi connectivity index (χ3v) is 15.8. The SMILES string of the molecule is C#CC(=O)NCCC(=O)NCC(=O)N[C@H](Cc1ccccc1)C(=O)N[C@H]1CSSC[C@@H](C(=O)N[C@H](C(=O)O)[C@@H](C)O)NC(=O)[C@H]([C@@H](C)O)NC(=O)[C@H](CCCCN)NC(=O)[C@@H](Cc2c[nH]c3ccccc23)NC(=O)[C@H](Cc2ccc(O)cc2)NC1=O. The largest absolute Gasteiger partial charge is 0.508 e. The van der Waals surface area contributed by atoms with Crippen LogP contribution < -0.4 is 58.9 Å². The first-order chi connectivity index (χ1) is 41.1. The van der Waals surface area contributed by atoms with Crippen LogP contribution in [0.25, 0.3) is 10.9 Å². The van der Waals surface area contributed by atoms with Gasteiger partial charge in [0, 0.05) is 60.8 Å². The van der Waals surface area contributed by atoms with Crippen LogP contribution >= 0.6 is 21.6 Å². The van der Waals surface area contributed by atoms with Gasteiger partial charge in [0.1, 0.15) is 48.0 Å². The summed E-state index contributed by atoms with van der Waals surface area (Å²) in [5.74, 6) is -9.97. The van der Waals surface area contributed by atoms with E-state index in [1.54, 1.807) is 60.8 Å². The maximum Gasteiger partial charge on any atom is 0.328 e. The third-order valence-electron chi connectivity index (χ3n) is 13.4. The van der Waals surface area contributed by atoms with Crippen molar-refractivity contribution in [1.29, 1.82) is 0 Å². The molecule has 1 saturated heterocycles. The van der Waals surface area contributed by atoms with E-state index in [4.69, 9.17) is 12.2 Å². The number of aliphatic hydroxyl groups excluding tert-OH is 2. The average Bonchev–Trinajstić information content (AvgIpc) is 2.34. The van der Waals surface area contributed by atoms with Gasteiger partial charge in [-0.15, -0.1) is 6.42 Å². The zero-order chi connectivity index (χ0) is 62.9. The second-order valence-electron chi connectivity index (χ2n) is 20.1. The number of unbranched alkanes of at least 4 members (excludes halogenated alkanes) is 1. The Morgan fingerprint density at radius 2 is 1.36 bits per heavy atom. The first-order valence-corrected chi connectivity index (χ1v) is 29.9. The number of aromatic amines is 1. The molecule has 10 atom stereocenters. The molecule has 0 aliphatic carbocycles. The predicted molar refractivity (Wildman–Crippen MR) is 318 cm³/mol. The molecule has 1 aliphatic heterocycles. The number of aromatic hydroxyl groups is 1. The summed E-state index contributed by atoms with van der Waals surface area (Å²) in [5.41, 5.74) is 7.99. The number of fused-ring (bicyclic) bond motifs is 1. The van der Waals surface area contributed by atoms with Gasteiger partial charge in [0.05, 0.1) is 18.8 Å². The molecule has 0 radical (unpaired) electrons. The van der Waals surface area contributed by atoms with Gasteiger partial charge in [-0.1, -0.05) is 82.3 Å². The van der Waals surface area contributed by atoms with Gasteiger partial charge in [-0.25, -0.2) is 4.79 Å². The number of para-hydroxylation sites is 1. The fourth-order valence-corrected chi connectivity index (χ4v) is 11.1. The van der Waals surface area contributed by atoms with Crippen LogP contribution in [0.1, 0.15) is 56.2 Å². The molecule has 5 rings (SSSR count). The number of nitrogens with one attached hydrogen (secondary N) is 11. The Hall–Kier alpha value is -8.69. The molecule has 1 fully saturated rings. The van der Waals surface area contributed by atoms with Crippen LogP contribution in [0.5, 0.6) is 5.75 Å². The van der Waals surface area contributed by atoms with E-state index in [-0.39, 0.29) is 57.4 Å². The number of aliphatic hydroxyl groups is 2. The number of phenolic OH excluding ortho intramolecular Hbond substituents is 1. The van der Waals surface area contributed by atoms with Crippen LogP contribution in [-0.2, 0) is 72.0 Å². The molecule has 17 N–H and O–H groups in total. The maximum atomic E-state index is 15.0. The summed E-state index contributed by atoms with van der Waals surface area (Å²) in [7, 11) is 1.68. The molecule has 27 nitrogen and oxygen atoms in total. The van der Waals surface area contributed by atoms with Gasteiger partial charge in [-0.3, -0.25) is 47.9 Å². The van der Waals surface area contributed by atoms with Crippen molar-refractivity contribution < 1.29 is 73.2 Å². The molecule has 1 aromatic heterocycles. The molecular weight excluding hydrogens is 1160 g/mol. The fourth-order valence-electron chi connectivity index (χ4n) is 8.73. The minimum atomic E-state index is -1.88. The number of hydrogen-bond acceptors (Lipinski definition) is 17. The van der Waals surface area contributed by atoms with Gasteiger partial charge in [0.2, 0.25) is 53.2 Å². The quantitative estimate of drug-likeness (QED) is 0.0206. The van der Waals surface area contributed by atoms with Crippen LogP contribution in [0.4, 0.5) is 0 Å². The molecule has 3 aromatic carbocycles. The smallest absolute Gasteiger partial charge is 0.328 e. The van der Waals surface area contributed by atoms with Crippen molar-refractivity contribution in [2.75, 3.05) is 31.1 Å². The minimum Gasteiger partial charge on any atom is -0.508 e. The third kappa shape index (κ3) is 21.7. The lowest BCUT2D eigenvalue weighted by Crippen LogP contribution is -2.62. The Bertz CT molecular complexity index is 3070. The molecule has 462 valence electrons. The highest BCUT2D eigenvalue weighted by molar-refractivity contribution is 8.76. The molecule has 0 spiro atoms. The standard InChI is InChI=1S/C57H72N12O15S2/c1-4-45(73)59-23-21-46(74)61-28-47(75)62-40(24-33-12-6-5-7-13-33)51(77)66-43-29-85-86-30-44(55(81)69-49(32(3)71)57(83)84)67-56(82)48(31(2)70)68-50(76)39(16-10-11-22-58)63-53(79)42(26-35-27-60-38-15-9-8-14-37(35)38)65-52(78)41(64-54(43)80)25-34-17-19-36(72)20-18-34/h1,5-9,12-15,17-20,27,31-32,39-44,48-49,60,70-72H,10-11,16,21-26,28-30,58H2,2-3H3,(H,59,73)(H,61,74)(H,62,75)(H,63,79)(H,64,80)(H,65,78)(H,66,77)(H,67,82)(H,68,76)(H,69,81)(H,83,84)/t31-,32-,39+,40-,41+,42-,43+,44+,48+,49+/m1/s1. The number of amides is 10. The normalized spacial score (nSPS) is 20.5. The maximum absolute atomic E-state index is 15.0. The monoisotopic (exact) mass is 1230 g/mol. The van der Waals surface area contributed by atoms with E-state index in [0.29, 0.717) is 34.0 Å². The number of phenols is 1. The molecule has 0 unspecified atom stereocenters. The first kappa shape index (κ1) is 68.1. The van der Waals surface area contributed by atoms with Crippen molar-refractivity contribution in [2.24, 2.45) is 5.73 Å². The van der Waals surface area contributed by atoms with Crippen molar-refractivity contribution >= 4 is 97.5 Å². The van der Waals surface area contributed by atoms with E-state index in [1.807, 2.05) is 5.92 Å². The van der Waals surface area contributed by atoms with E-state index >= 15 is 0 Å². The molecule has 0 bridgehead atoms. The van der Waals surface area contributed by atoms with Crippen LogP contribution in [0.2, 0.25) is 0 Å². The summed E-state index contributed by atoms with van der Waals surface area (Å²) in [4.78, 5) is 155. The second kappa shape index (κ2) is 34.3. The van der Waals surface area contributed by atoms with Gasteiger partial charge in [-0.2, -0.15) is 0 Å². The van der Waals surface area contributed by atoms with Gasteiger partial charge in [0.15, 0.2) is 6.04 Å². The Balaban J connectivity index is 1.59. The molecule has 10 amide bonds. The lowest BCUT2D eigenvalue weighted by atomic mass is 10.0. The number of aromatic nitrogens is 1. The Morgan fingerprint density at radius 1 is 0.721 bits per heavy atom. The summed E-state index contributed by atoms with van der Waals surface area (Å²) in [6.07, 6.45) is 3.07. The minimum absolute atomic E-state index is 0.0687. The highest BCUT2D eigenvalue weighted by Gasteiger charge is 2.37. The summed E-state index contributed by atoms with van der Waals surface area (Å²) in [6.45, 7) is 1.70. The van der Waals surface area contributed by atoms with Gasteiger partial charge in [0.25, 0.3) is 5.91 Å². The van der Waals surface area contributed by atoms with Crippen molar-refractivity contribution in [3.05, 3.63) is 102 Å². The number of aliphatic carboxylic acids is 1. The highest BCUT2D eigenvalue weighted by atomic mass is 33.1. The van der Waals surface area contributed by atoms with Gasteiger partial charge >= 0.3 is 5.97 Å². The molecule has 86 heavy (non-hydrogen) atoms. The molecule has 1 aliphatic rings. The number of carbonyl (C=O) groups excluding carboxylic acids is 10. The molecule has 2 heterocycles. The second-order valence-corrected chi connectivity index (χ2v) is 22.7. The number of carboxylic acid groups (broad SMARTS) is 1. The summed E-state index contributed by atoms with van der Waals surface area (Å²) in [6, 6.07) is 8.21. The number of hydrogen-bond donors (Lipinski definition) is 16. The summed E-state index contributed by atoms with van der Waals surface area (Å²) in [5, 5.41) is 67.1. The predicted octanol–water partition coefficient (Wildman–Crippen LogP) is -2.59. The molecule has 0 saturated carbocycles. The molecule has 4 aromatic rings. The molecular formula is C57H72N12O15S2. The van der Waals surface area contributed by atoms with Crippen molar-refractivity contribution in [1.82, 2.24) is 58.2 Å². The lowest BCUT2D eigenvalue weighted by molar-refractivity contribution is -0.145. The van der Waals surface area contributed by atoms with Crippen molar-refractivity contribution in [3.8, 4) is 18.1 Å². The zero-order valence-corrected chi connectivity index (χ0v) is 48.7. The number of H-pyrrole nitrogens is 1. The average molecular weight is 1230 g/mol. The highest BCUT2D eigenvalue weighted by Crippen LogP contribution is 2.25. The Labute approximate surface area is 502 Å². The van der Waals surface area contributed by atoms with E-state index in [2.05, 4.69) is 58.2 Å². The van der Waals surface area contributed by atoms with Crippen molar-refractivity contribution in [3.63, 3.8) is 0 Å². The number of nitrogens with two attached hydrogens (primary N) is 1. The number of rotatable bonds is 23. The Morgan fingerprint density at radius 3 is 2.02 bits per heavy atom. The zero-order valence-electron chi connectivity index (χ0n) is 47.1.